The molecule has 23 heavy (non-hydrogen) atoms. The van der Waals surface area contributed by atoms with E-state index in [-0.39, 0.29) is 5.69 Å². The smallest absolute Gasteiger partial charge is 0.286 e. The van der Waals surface area contributed by atoms with Crippen molar-refractivity contribution in [1.29, 1.82) is 0 Å². The Morgan fingerprint density at radius 3 is 2.61 bits per heavy atom. The van der Waals surface area contributed by atoms with Gasteiger partial charge in [-0.05, 0) is 36.9 Å². The molecule has 1 N–H and O–H groups in total. The van der Waals surface area contributed by atoms with Crippen molar-refractivity contribution in [3.8, 4) is 0 Å². The summed E-state index contributed by atoms with van der Waals surface area (Å²) in [6, 6.07) is 7.01. The first kappa shape index (κ1) is 15.9. The van der Waals surface area contributed by atoms with E-state index in [1.54, 1.807) is 17.8 Å². The maximum absolute atomic E-state index is 13.5. The summed E-state index contributed by atoms with van der Waals surface area (Å²) >= 11 is 1.58. The van der Waals surface area contributed by atoms with Gasteiger partial charge in [-0.2, -0.15) is 8.78 Å². The second-order valence-corrected chi connectivity index (χ2v) is 6.42. The van der Waals surface area contributed by atoms with Crippen LogP contribution in [0.5, 0.6) is 0 Å². The van der Waals surface area contributed by atoms with E-state index in [9.17, 15) is 8.78 Å². The summed E-state index contributed by atoms with van der Waals surface area (Å²) in [6.07, 6.45) is 4.41. The zero-order valence-corrected chi connectivity index (χ0v) is 14.0. The van der Waals surface area contributed by atoms with E-state index >= 15 is 0 Å². The molecule has 6 heteroatoms. The van der Waals surface area contributed by atoms with Gasteiger partial charge in [-0.1, -0.05) is 6.07 Å². The number of rotatable bonds is 4. The molecule has 0 saturated heterocycles. The van der Waals surface area contributed by atoms with Gasteiger partial charge in [0, 0.05) is 30.8 Å². The number of fused-ring (bicyclic) bond motifs is 1. The predicted octanol–water partition coefficient (Wildman–Crippen LogP) is 4.69. The largest absolute Gasteiger partial charge is 0.357 e. The minimum Gasteiger partial charge on any atom is -0.357 e. The molecule has 3 aromatic heterocycles. The van der Waals surface area contributed by atoms with Crippen molar-refractivity contribution in [3.63, 3.8) is 0 Å². The number of aromatic amines is 1. The van der Waals surface area contributed by atoms with Gasteiger partial charge >= 0.3 is 0 Å². The molecule has 0 aliphatic rings. The van der Waals surface area contributed by atoms with E-state index in [1.165, 1.54) is 6.07 Å². The van der Waals surface area contributed by atoms with E-state index in [0.717, 1.165) is 34.3 Å². The van der Waals surface area contributed by atoms with Gasteiger partial charge in [0.05, 0.1) is 16.1 Å². The van der Waals surface area contributed by atoms with Gasteiger partial charge < -0.3 is 4.98 Å². The Morgan fingerprint density at radius 2 is 2.00 bits per heavy atom. The lowest BCUT2D eigenvalue weighted by molar-refractivity contribution is 0.0131. The number of aromatic nitrogens is 3. The molecule has 0 bridgehead atoms. The van der Waals surface area contributed by atoms with Gasteiger partial charge in [0.15, 0.2) is 0 Å². The number of hydrogen-bond donors (Lipinski definition) is 1. The Balaban J connectivity index is 2.03. The summed E-state index contributed by atoms with van der Waals surface area (Å²) in [5.74, 6) is -2.95. The number of halogens is 2. The van der Waals surface area contributed by atoms with Crippen LogP contribution in [-0.4, -0.2) is 21.2 Å². The SMILES string of the molecule is CSc1ccc(Cc2c(C)[nH]c3ccc(C(C)(F)F)nc23)cn1. The maximum Gasteiger partial charge on any atom is 0.286 e. The molecule has 3 aromatic rings. The molecule has 3 heterocycles. The van der Waals surface area contributed by atoms with Crippen LogP contribution in [0.25, 0.3) is 11.0 Å². The Labute approximate surface area is 137 Å². The molecule has 0 aromatic carbocycles. The van der Waals surface area contributed by atoms with Gasteiger partial charge in [-0.25, -0.2) is 9.97 Å². The lowest BCUT2D eigenvalue weighted by Crippen LogP contribution is -2.09. The lowest BCUT2D eigenvalue weighted by Gasteiger charge is -2.09. The topological polar surface area (TPSA) is 41.6 Å². The maximum atomic E-state index is 13.5. The molecule has 3 rings (SSSR count). The van der Waals surface area contributed by atoms with Crippen molar-refractivity contribution in [3.05, 3.63) is 53.0 Å². The van der Waals surface area contributed by atoms with Crippen LogP contribution in [0.4, 0.5) is 8.78 Å². The fourth-order valence-corrected chi connectivity index (χ4v) is 2.91. The molecule has 3 nitrogen and oxygen atoms in total. The first-order chi connectivity index (χ1) is 10.9. The Morgan fingerprint density at radius 1 is 1.22 bits per heavy atom. The number of aryl methyl sites for hydroxylation is 1. The molecule has 0 amide bonds. The van der Waals surface area contributed by atoms with Crippen molar-refractivity contribution >= 4 is 22.8 Å². The molecule has 0 aliphatic carbocycles. The van der Waals surface area contributed by atoms with Crippen LogP contribution in [0.2, 0.25) is 0 Å². The minimum absolute atomic E-state index is 0.207. The third-order valence-electron chi connectivity index (χ3n) is 3.79. The number of nitrogens with one attached hydrogen (secondary N) is 1. The highest BCUT2D eigenvalue weighted by Crippen LogP contribution is 2.29. The van der Waals surface area contributed by atoms with Crippen LogP contribution >= 0.6 is 11.8 Å². The molecular formula is C17H17F2N3S. The number of thioether (sulfide) groups is 1. The summed E-state index contributed by atoms with van der Waals surface area (Å²) in [7, 11) is 0. The highest BCUT2D eigenvalue weighted by molar-refractivity contribution is 7.98. The molecule has 120 valence electrons. The molecule has 0 unspecified atom stereocenters. The molecule has 0 radical (unpaired) electrons. The second kappa shape index (κ2) is 5.92. The summed E-state index contributed by atoms with van der Waals surface area (Å²) < 4.78 is 27.1. The Bertz CT molecular complexity index is 835. The van der Waals surface area contributed by atoms with Crippen molar-refractivity contribution in [2.75, 3.05) is 6.26 Å². The van der Waals surface area contributed by atoms with E-state index in [4.69, 9.17) is 0 Å². The molecule has 0 atom stereocenters. The van der Waals surface area contributed by atoms with Gasteiger partial charge in [-0.15, -0.1) is 11.8 Å². The Hall–Kier alpha value is -1.95. The number of pyridine rings is 2. The fourth-order valence-electron chi connectivity index (χ4n) is 2.55. The molecule has 0 spiro atoms. The van der Waals surface area contributed by atoms with E-state index in [2.05, 4.69) is 15.0 Å². The van der Waals surface area contributed by atoms with Crippen LogP contribution in [0, 0.1) is 6.92 Å². The summed E-state index contributed by atoms with van der Waals surface area (Å²) in [5.41, 5.74) is 4.08. The van der Waals surface area contributed by atoms with E-state index in [1.807, 2.05) is 31.5 Å². The van der Waals surface area contributed by atoms with Crippen LogP contribution < -0.4 is 0 Å². The van der Waals surface area contributed by atoms with Gasteiger partial charge in [-0.3, -0.25) is 0 Å². The number of alkyl halides is 2. The first-order valence-corrected chi connectivity index (χ1v) is 8.46. The number of hydrogen-bond acceptors (Lipinski definition) is 3. The van der Waals surface area contributed by atoms with Crippen molar-refractivity contribution in [2.24, 2.45) is 0 Å². The van der Waals surface area contributed by atoms with Gasteiger partial charge in [0.1, 0.15) is 5.69 Å². The zero-order chi connectivity index (χ0) is 16.6. The molecule has 0 fully saturated rings. The minimum atomic E-state index is -2.95. The summed E-state index contributed by atoms with van der Waals surface area (Å²) in [4.78, 5) is 11.8. The van der Waals surface area contributed by atoms with E-state index < -0.39 is 5.92 Å². The van der Waals surface area contributed by atoms with Crippen LogP contribution in [0.3, 0.4) is 0 Å². The number of nitrogens with zero attached hydrogens (tertiary/aromatic N) is 2. The second-order valence-electron chi connectivity index (χ2n) is 5.60. The summed E-state index contributed by atoms with van der Waals surface area (Å²) in [6.45, 7) is 2.80. The standard InChI is InChI=1S/C17H17F2N3S/c1-10-12(8-11-4-7-15(23-3)20-9-11)16-13(21-10)5-6-14(22-16)17(2,18)19/h4-7,9,21H,8H2,1-3H3. The van der Waals surface area contributed by atoms with Gasteiger partial charge in [0.2, 0.25) is 0 Å². The highest BCUT2D eigenvalue weighted by Gasteiger charge is 2.27. The van der Waals surface area contributed by atoms with Crippen LogP contribution in [0.1, 0.15) is 29.4 Å². The van der Waals surface area contributed by atoms with E-state index in [0.29, 0.717) is 11.9 Å². The predicted molar refractivity (Wildman–Crippen MR) is 89.2 cm³/mol. The number of H-pyrrole nitrogens is 1. The zero-order valence-electron chi connectivity index (χ0n) is 13.2. The first-order valence-electron chi connectivity index (χ1n) is 7.24. The van der Waals surface area contributed by atoms with Crippen molar-refractivity contribution in [2.45, 2.75) is 31.2 Å². The third kappa shape index (κ3) is 3.22. The summed E-state index contributed by atoms with van der Waals surface area (Å²) in [5, 5.41) is 0.954. The fraction of sp³-hybridized carbons (Fsp3) is 0.294. The monoisotopic (exact) mass is 333 g/mol. The van der Waals surface area contributed by atoms with Crippen molar-refractivity contribution < 1.29 is 8.78 Å². The average Bonchev–Trinajstić information content (AvgIpc) is 2.82. The quantitative estimate of drug-likeness (QED) is 0.704. The highest BCUT2D eigenvalue weighted by atomic mass is 32.2. The lowest BCUT2D eigenvalue weighted by atomic mass is 10.1. The third-order valence-corrected chi connectivity index (χ3v) is 4.45. The molecule has 0 aliphatic heterocycles. The average molecular weight is 333 g/mol. The molecule has 0 saturated carbocycles. The van der Waals surface area contributed by atoms with Crippen molar-refractivity contribution in [1.82, 2.24) is 15.0 Å². The van der Waals surface area contributed by atoms with Crippen LogP contribution in [0.15, 0.2) is 35.5 Å². The Kier molecular flexibility index (Phi) is 4.10. The normalized spacial score (nSPS) is 12.0. The van der Waals surface area contributed by atoms with Crippen LogP contribution in [-0.2, 0) is 12.3 Å². The molecular weight excluding hydrogens is 316 g/mol. The van der Waals surface area contributed by atoms with Gasteiger partial charge in [0.25, 0.3) is 5.92 Å².